The number of halogens is 3. The monoisotopic (exact) mass is 482 g/mol. The molecule has 3 heterocycles. The second kappa shape index (κ2) is 11.0. The number of alkyl halides is 3. The Kier molecular flexibility index (Phi) is 8.13. The Morgan fingerprint density at radius 3 is 2.41 bits per heavy atom. The number of imidazole rings is 1. The number of carbonyl (C=O) groups excluding carboxylic acids is 2. The molecule has 1 N–H and O–H groups in total. The predicted octanol–water partition coefficient (Wildman–Crippen LogP) is 2.45. The van der Waals surface area contributed by atoms with Gasteiger partial charge in [0.25, 0.3) is 5.91 Å². The summed E-state index contributed by atoms with van der Waals surface area (Å²) in [5, 5.41) is 7.12. The Bertz CT molecular complexity index is 1010. The molecule has 34 heavy (non-hydrogen) atoms. The molecule has 2 aromatic rings. The van der Waals surface area contributed by atoms with Gasteiger partial charge in [-0.25, -0.2) is 9.78 Å². The molecule has 0 saturated carbocycles. The zero-order chi connectivity index (χ0) is 24.7. The first-order valence-corrected chi connectivity index (χ1v) is 10.7. The van der Waals surface area contributed by atoms with Gasteiger partial charge in [0.1, 0.15) is 5.75 Å². The van der Waals surface area contributed by atoms with E-state index in [1.165, 1.54) is 0 Å². The SMILES string of the molecule is O=C(O)C(F)(F)F.O=C1CCCN1Cc1ncn2c1CN(C(=O)COc1ccccc1)CCC2. The Balaban J connectivity index is 0.000000406. The van der Waals surface area contributed by atoms with Crippen LogP contribution < -0.4 is 4.74 Å². The van der Waals surface area contributed by atoms with E-state index < -0.39 is 12.1 Å². The van der Waals surface area contributed by atoms with E-state index in [0.29, 0.717) is 31.8 Å². The van der Waals surface area contributed by atoms with E-state index in [4.69, 9.17) is 14.6 Å². The fraction of sp³-hybridized carbons (Fsp3) is 0.455. The van der Waals surface area contributed by atoms with Crippen LogP contribution in [-0.4, -0.2) is 68.1 Å². The number of likely N-dealkylation sites (tertiary alicyclic amines) is 1. The molecule has 0 unspecified atom stereocenters. The fourth-order valence-electron chi connectivity index (χ4n) is 3.67. The minimum absolute atomic E-state index is 0.0259. The highest BCUT2D eigenvalue weighted by molar-refractivity contribution is 5.78. The van der Waals surface area contributed by atoms with Gasteiger partial charge in [0.05, 0.1) is 30.8 Å². The summed E-state index contributed by atoms with van der Waals surface area (Å²) in [6.45, 7) is 3.38. The molecule has 12 heteroatoms. The summed E-state index contributed by atoms with van der Waals surface area (Å²) in [6, 6.07) is 9.37. The molecule has 184 valence electrons. The number of ether oxygens (including phenoxy) is 1. The lowest BCUT2D eigenvalue weighted by atomic mass is 10.2. The molecule has 9 nitrogen and oxygen atoms in total. The molecule has 1 aromatic carbocycles. The van der Waals surface area contributed by atoms with Crippen molar-refractivity contribution in [3.8, 4) is 5.75 Å². The molecule has 2 aliphatic rings. The standard InChI is InChI=1S/C20H24N4O3.C2HF3O2/c25-19-8-4-9-22(19)12-17-18-13-23(10-5-11-24(18)15-21-17)20(26)14-27-16-6-2-1-3-7-16;3-2(4,5)1(6)7/h1-3,6-7,15H,4-5,8-14H2;(H,6,7). The molecular weight excluding hydrogens is 457 g/mol. The first kappa shape index (κ1) is 25.1. The Morgan fingerprint density at radius 2 is 1.79 bits per heavy atom. The number of benzene rings is 1. The van der Waals surface area contributed by atoms with Crippen molar-refractivity contribution in [1.29, 1.82) is 0 Å². The zero-order valence-corrected chi connectivity index (χ0v) is 18.3. The normalized spacial score (nSPS) is 15.8. The van der Waals surface area contributed by atoms with Crippen LogP contribution in [0.15, 0.2) is 36.7 Å². The quantitative estimate of drug-likeness (QED) is 0.702. The van der Waals surface area contributed by atoms with Crippen LogP contribution in [0.5, 0.6) is 5.75 Å². The van der Waals surface area contributed by atoms with Crippen molar-refractivity contribution in [1.82, 2.24) is 19.4 Å². The van der Waals surface area contributed by atoms with Crippen molar-refractivity contribution in [3.63, 3.8) is 0 Å². The Hall–Kier alpha value is -3.57. The van der Waals surface area contributed by atoms with Gasteiger partial charge in [-0.2, -0.15) is 13.2 Å². The third-order valence-corrected chi connectivity index (χ3v) is 5.41. The van der Waals surface area contributed by atoms with Gasteiger partial charge < -0.3 is 24.2 Å². The summed E-state index contributed by atoms with van der Waals surface area (Å²) < 4.78 is 39.5. The molecule has 0 aliphatic carbocycles. The number of amides is 2. The van der Waals surface area contributed by atoms with Crippen LogP contribution >= 0.6 is 0 Å². The molecule has 1 saturated heterocycles. The van der Waals surface area contributed by atoms with Gasteiger partial charge in [-0.15, -0.1) is 0 Å². The largest absolute Gasteiger partial charge is 0.490 e. The lowest BCUT2D eigenvalue weighted by Gasteiger charge is -2.21. The maximum absolute atomic E-state index is 12.7. The van der Waals surface area contributed by atoms with Gasteiger partial charge in [0.2, 0.25) is 5.91 Å². The Morgan fingerprint density at radius 1 is 1.09 bits per heavy atom. The van der Waals surface area contributed by atoms with E-state index in [0.717, 1.165) is 37.3 Å². The predicted molar refractivity (Wildman–Crippen MR) is 113 cm³/mol. The second-order valence-corrected chi connectivity index (χ2v) is 7.82. The molecule has 2 aliphatic heterocycles. The Labute approximate surface area is 193 Å². The van der Waals surface area contributed by atoms with Crippen molar-refractivity contribution >= 4 is 17.8 Å². The molecule has 0 atom stereocenters. The van der Waals surface area contributed by atoms with E-state index in [9.17, 15) is 22.8 Å². The highest BCUT2D eigenvalue weighted by Gasteiger charge is 2.38. The van der Waals surface area contributed by atoms with Crippen LogP contribution in [0.25, 0.3) is 0 Å². The van der Waals surface area contributed by atoms with Gasteiger partial charge in [0.15, 0.2) is 6.61 Å². The average Bonchev–Trinajstić information content (AvgIpc) is 3.30. The minimum Gasteiger partial charge on any atom is -0.484 e. The number of hydrogen-bond acceptors (Lipinski definition) is 5. The smallest absolute Gasteiger partial charge is 0.484 e. The maximum Gasteiger partial charge on any atom is 0.490 e. The maximum atomic E-state index is 12.7. The number of para-hydroxylation sites is 1. The number of carbonyl (C=O) groups is 3. The molecule has 0 spiro atoms. The van der Waals surface area contributed by atoms with Crippen LogP contribution in [0.3, 0.4) is 0 Å². The van der Waals surface area contributed by atoms with Crippen molar-refractivity contribution in [2.24, 2.45) is 0 Å². The molecular formula is C22H25F3N4O5. The number of aryl methyl sites for hydroxylation is 1. The van der Waals surface area contributed by atoms with E-state index in [2.05, 4.69) is 9.55 Å². The second-order valence-electron chi connectivity index (χ2n) is 7.82. The summed E-state index contributed by atoms with van der Waals surface area (Å²) in [5.74, 6) is -1.90. The highest BCUT2D eigenvalue weighted by atomic mass is 19.4. The third kappa shape index (κ3) is 6.72. The number of aliphatic carboxylic acids is 1. The fourth-order valence-corrected chi connectivity index (χ4v) is 3.67. The first-order chi connectivity index (χ1) is 16.1. The van der Waals surface area contributed by atoms with Crippen molar-refractivity contribution < 1.29 is 37.4 Å². The number of carboxylic acids is 1. The highest BCUT2D eigenvalue weighted by Crippen LogP contribution is 2.21. The third-order valence-electron chi connectivity index (χ3n) is 5.41. The molecule has 1 fully saturated rings. The number of aromatic nitrogens is 2. The molecule has 0 bridgehead atoms. The van der Waals surface area contributed by atoms with E-state index >= 15 is 0 Å². The minimum atomic E-state index is -5.08. The van der Waals surface area contributed by atoms with E-state index in [1.54, 1.807) is 0 Å². The van der Waals surface area contributed by atoms with Crippen molar-refractivity contribution in [3.05, 3.63) is 48.0 Å². The zero-order valence-electron chi connectivity index (χ0n) is 18.3. The van der Waals surface area contributed by atoms with E-state index in [-0.39, 0.29) is 18.4 Å². The summed E-state index contributed by atoms with van der Waals surface area (Å²) in [5.41, 5.74) is 1.93. The van der Waals surface area contributed by atoms with E-state index in [1.807, 2.05) is 46.5 Å². The lowest BCUT2D eigenvalue weighted by molar-refractivity contribution is -0.192. The number of carboxylic acid groups (broad SMARTS) is 1. The number of hydrogen-bond donors (Lipinski definition) is 1. The number of rotatable bonds is 5. The summed E-state index contributed by atoms with van der Waals surface area (Å²) >= 11 is 0. The van der Waals surface area contributed by atoms with Crippen molar-refractivity contribution in [2.75, 3.05) is 19.7 Å². The average molecular weight is 482 g/mol. The molecule has 1 aromatic heterocycles. The lowest BCUT2D eigenvalue weighted by Crippen LogP contribution is -2.35. The van der Waals surface area contributed by atoms with Crippen molar-refractivity contribution in [2.45, 2.75) is 45.1 Å². The van der Waals surface area contributed by atoms with Crippen LogP contribution in [0.2, 0.25) is 0 Å². The molecule has 2 amide bonds. The van der Waals surface area contributed by atoms with Gasteiger partial charge in [-0.05, 0) is 25.0 Å². The van der Waals surface area contributed by atoms with Crippen LogP contribution in [-0.2, 0) is 34.0 Å². The number of fused-ring (bicyclic) bond motifs is 1. The van der Waals surface area contributed by atoms with Crippen LogP contribution in [0, 0.1) is 0 Å². The molecule has 0 radical (unpaired) electrons. The topological polar surface area (TPSA) is 105 Å². The van der Waals surface area contributed by atoms with Crippen LogP contribution in [0.1, 0.15) is 30.7 Å². The molecule has 4 rings (SSSR count). The van der Waals surface area contributed by atoms with Gasteiger partial charge >= 0.3 is 12.1 Å². The number of nitrogens with zero attached hydrogens (tertiary/aromatic N) is 4. The summed E-state index contributed by atoms with van der Waals surface area (Å²) in [4.78, 5) is 41.7. The van der Waals surface area contributed by atoms with Gasteiger partial charge in [-0.1, -0.05) is 18.2 Å². The van der Waals surface area contributed by atoms with Crippen LogP contribution in [0.4, 0.5) is 13.2 Å². The van der Waals surface area contributed by atoms with Gasteiger partial charge in [0, 0.05) is 26.1 Å². The summed E-state index contributed by atoms with van der Waals surface area (Å²) in [6.07, 6.45) is -0.837. The summed E-state index contributed by atoms with van der Waals surface area (Å²) in [7, 11) is 0. The first-order valence-electron chi connectivity index (χ1n) is 10.7. The van der Waals surface area contributed by atoms with Gasteiger partial charge in [-0.3, -0.25) is 9.59 Å².